The van der Waals surface area contributed by atoms with Gasteiger partial charge in [0, 0.05) is 55.7 Å². The molecule has 0 spiro atoms. The lowest BCUT2D eigenvalue weighted by Crippen LogP contribution is -2.28. The van der Waals surface area contributed by atoms with Crippen molar-refractivity contribution in [1.82, 2.24) is 20.2 Å². The molecule has 0 bridgehead atoms. The Labute approximate surface area is 191 Å². The largest absolute Gasteiger partial charge is 0.471 e. The summed E-state index contributed by atoms with van der Waals surface area (Å²) in [5, 5.41) is 11.6. The summed E-state index contributed by atoms with van der Waals surface area (Å²) in [7, 11) is 0. The Morgan fingerprint density at radius 2 is 2.15 bits per heavy atom. The van der Waals surface area contributed by atoms with Crippen LogP contribution in [0.15, 0.2) is 24.5 Å². The second-order valence-corrected chi connectivity index (χ2v) is 8.25. The van der Waals surface area contributed by atoms with Crippen LogP contribution in [0.5, 0.6) is 5.88 Å². The Bertz CT molecular complexity index is 1030. The van der Waals surface area contributed by atoms with Gasteiger partial charge in [-0.1, -0.05) is 0 Å². The second-order valence-electron chi connectivity index (χ2n) is 8.25. The molecule has 178 valence electrons. The number of pyridine rings is 2. The highest BCUT2D eigenvalue weighted by molar-refractivity contribution is 5.99. The molecule has 0 aliphatic carbocycles. The average molecular weight is 462 g/mol. The van der Waals surface area contributed by atoms with E-state index in [0.29, 0.717) is 41.9 Å². The van der Waals surface area contributed by atoms with Gasteiger partial charge in [-0.15, -0.1) is 0 Å². The van der Waals surface area contributed by atoms with Gasteiger partial charge >= 0.3 is 0 Å². The van der Waals surface area contributed by atoms with E-state index in [1.807, 2.05) is 6.92 Å². The lowest BCUT2D eigenvalue weighted by atomic mass is 10.1. The van der Waals surface area contributed by atoms with Gasteiger partial charge in [0.2, 0.25) is 11.8 Å². The van der Waals surface area contributed by atoms with Crippen LogP contribution in [-0.2, 0) is 17.8 Å². The number of carbonyl (C=O) groups is 2. The second kappa shape index (κ2) is 10.2. The van der Waals surface area contributed by atoms with Crippen molar-refractivity contribution < 1.29 is 28.2 Å². The zero-order valence-corrected chi connectivity index (χ0v) is 18.9. The number of hydrogen-bond acceptors (Lipinski definition) is 6. The third kappa shape index (κ3) is 6.01. The predicted molar refractivity (Wildman–Crippen MR) is 116 cm³/mol. The van der Waals surface area contributed by atoms with E-state index >= 15 is 0 Å². The molecule has 0 saturated heterocycles. The summed E-state index contributed by atoms with van der Waals surface area (Å²) < 4.78 is 31.3. The van der Waals surface area contributed by atoms with Crippen LogP contribution in [0.2, 0.25) is 0 Å². The van der Waals surface area contributed by atoms with Crippen LogP contribution >= 0.6 is 0 Å². The van der Waals surface area contributed by atoms with Gasteiger partial charge in [-0.05, 0) is 38.0 Å². The number of rotatable bonds is 10. The van der Waals surface area contributed by atoms with Crippen molar-refractivity contribution >= 4 is 11.8 Å². The van der Waals surface area contributed by atoms with Gasteiger partial charge in [-0.2, -0.15) is 0 Å². The maximum absolute atomic E-state index is 13.1. The van der Waals surface area contributed by atoms with Crippen LogP contribution in [-0.4, -0.2) is 57.5 Å². The van der Waals surface area contributed by atoms with Crippen molar-refractivity contribution in [2.45, 2.75) is 52.1 Å². The van der Waals surface area contributed by atoms with E-state index in [4.69, 9.17) is 9.84 Å². The van der Waals surface area contributed by atoms with Crippen molar-refractivity contribution in [1.29, 1.82) is 0 Å². The Morgan fingerprint density at radius 1 is 1.39 bits per heavy atom. The number of aromatic nitrogens is 2. The molecule has 0 aromatic carbocycles. The first kappa shape index (κ1) is 24.5. The summed E-state index contributed by atoms with van der Waals surface area (Å²) in [4.78, 5) is 35.4. The highest BCUT2D eigenvalue weighted by atomic mass is 19.3. The van der Waals surface area contributed by atoms with Crippen LogP contribution in [0.3, 0.4) is 0 Å². The SMILES string of the molecule is Cc1cc(C(C)N2Cc3c(ccnc3CC(=O)NCCCO)C2=O)cnc1OCC(C)(F)F. The first-order valence-electron chi connectivity index (χ1n) is 10.7. The first-order valence-corrected chi connectivity index (χ1v) is 10.7. The normalized spacial score (nSPS) is 14.2. The molecule has 0 radical (unpaired) electrons. The third-order valence-electron chi connectivity index (χ3n) is 5.41. The van der Waals surface area contributed by atoms with Crippen molar-refractivity contribution in [3.63, 3.8) is 0 Å². The number of ether oxygens (including phenoxy) is 1. The molecular formula is C23H28F2N4O4. The molecule has 1 aliphatic rings. The molecule has 1 unspecified atom stereocenters. The number of carbonyl (C=O) groups excluding carboxylic acids is 2. The minimum Gasteiger partial charge on any atom is -0.471 e. The molecule has 0 fully saturated rings. The van der Waals surface area contributed by atoms with E-state index in [2.05, 4.69) is 15.3 Å². The van der Waals surface area contributed by atoms with Crippen LogP contribution in [0.1, 0.15) is 59.1 Å². The highest BCUT2D eigenvalue weighted by Gasteiger charge is 2.34. The smallest absolute Gasteiger partial charge is 0.278 e. The van der Waals surface area contributed by atoms with Gasteiger partial charge in [0.25, 0.3) is 11.8 Å². The molecule has 0 saturated carbocycles. The van der Waals surface area contributed by atoms with E-state index in [-0.39, 0.29) is 36.8 Å². The Morgan fingerprint density at radius 3 is 2.82 bits per heavy atom. The number of aliphatic hydroxyl groups excluding tert-OH is 1. The van der Waals surface area contributed by atoms with Gasteiger partial charge in [0.1, 0.15) is 0 Å². The number of aliphatic hydroxyl groups is 1. The predicted octanol–water partition coefficient (Wildman–Crippen LogP) is 2.58. The number of nitrogens with one attached hydrogen (secondary N) is 1. The molecule has 33 heavy (non-hydrogen) atoms. The zero-order valence-electron chi connectivity index (χ0n) is 18.9. The summed E-state index contributed by atoms with van der Waals surface area (Å²) in [6.07, 6.45) is 3.54. The number of hydrogen-bond donors (Lipinski definition) is 2. The molecule has 3 rings (SSSR count). The number of nitrogens with zero attached hydrogens (tertiary/aromatic N) is 3. The fraction of sp³-hybridized carbons (Fsp3) is 0.478. The average Bonchev–Trinajstić information content (AvgIpc) is 3.09. The number of fused-ring (bicyclic) bond motifs is 1. The minimum atomic E-state index is -2.96. The van der Waals surface area contributed by atoms with Crippen LogP contribution in [0.4, 0.5) is 8.78 Å². The van der Waals surface area contributed by atoms with Gasteiger partial charge in [-0.25, -0.2) is 13.8 Å². The summed E-state index contributed by atoms with van der Waals surface area (Å²) in [6, 6.07) is 3.07. The van der Waals surface area contributed by atoms with E-state index in [0.717, 1.165) is 12.5 Å². The molecule has 8 nitrogen and oxygen atoms in total. The van der Waals surface area contributed by atoms with Crippen LogP contribution < -0.4 is 10.1 Å². The van der Waals surface area contributed by atoms with Crippen LogP contribution in [0.25, 0.3) is 0 Å². The molecular weight excluding hydrogens is 434 g/mol. The lowest BCUT2D eigenvalue weighted by molar-refractivity contribution is -0.120. The Balaban J connectivity index is 1.73. The summed E-state index contributed by atoms with van der Waals surface area (Å²) >= 11 is 0. The maximum atomic E-state index is 13.1. The molecule has 1 aliphatic heterocycles. The standard InChI is InChI=1S/C23H28F2N4O4/c1-14-9-16(11-28-21(14)33-13-23(3,24)25)15(2)29-12-18-17(22(29)32)5-7-26-19(18)10-20(31)27-6-4-8-30/h5,7,9,11,15,30H,4,6,8,10,12-13H2,1-3H3,(H,27,31). The van der Waals surface area contributed by atoms with Gasteiger partial charge in [-0.3, -0.25) is 14.6 Å². The number of alkyl halides is 2. The van der Waals surface area contributed by atoms with Crippen molar-refractivity contribution in [3.05, 3.63) is 52.5 Å². The van der Waals surface area contributed by atoms with Gasteiger partial charge in [0.15, 0.2) is 6.61 Å². The Hall–Kier alpha value is -3.14. The highest BCUT2D eigenvalue weighted by Crippen LogP contribution is 2.33. The molecule has 2 aromatic heterocycles. The maximum Gasteiger partial charge on any atom is 0.278 e. The molecule has 2 N–H and O–H groups in total. The number of halogens is 2. The summed E-state index contributed by atoms with van der Waals surface area (Å²) in [5.74, 6) is -3.24. The lowest BCUT2D eigenvalue weighted by Gasteiger charge is -2.25. The summed E-state index contributed by atoms with van der Waals surface area (Å²) in [5.41, 5.74) is 3.08. The summed E-state index contributed by atoms with van der Waals surface area (Å²) in [6.45, 7) is 4.24. The van der Waals surface area contributed by atoms with E-state index < -0.39 is 12.5 Å². The fourth-order valence-electron chi connectivity index (χ4n) is 3.63. The monoisotopic (exact) mass is 462 g/mol. The topological polar surface area (TPSA) is 105 Å². The van der Waals surface area contributed by atoms with E-state index in [1.165, 1.54) is 12.4 Å². The van der Waals surface area contributed by atoms with E-state index in [1.54, 1.807) is 24.0 Å². The Kier molecular flexibility index (Phi) is 7.57. The number of amides is 2. The third-order valence-corrected chi connectivity index (χ3v) is 5.41. The first-order chi connectivity index (χ1) is 15.6. The van der Waals surface area contributed by atoms with Crippen LogP contribution in [0, 0.1) is 6.92 Å². The van der Waals surface area contributed by atoms with E-state index in [9.17, 15) is 18.4 Å². The van der Waals surface area contributed by atoms with Gasteiger partial charge in [0.05, 0.1) is 18.2 Å². The molecule has 2 amide bonds. The fourth-order valence-corrected chi connectivity index (χ4v) is 3.63. The minimum absolute atomic E-state index is 0.00681. The van der Waals surface area contributed by atoms with Crippen molar-refractivity contribution in [3.8, 4) is 5.88 Å². The molecule has 3 heterocycles. The van der Waals surface area contributed by atoms with Gasteiger partial charge < -0.3 is 20.1 Å². The molecule has 2 aromatic rings. The molecule has 1 atom stereocenters. The number of aryl methyl sites for hydroxylation is 1. The van der Waals surface area contributed by atoms with Crippen molar-refractivity contribution in [2.75, 3.05) is 19.8 Å². The molecule has 10 heteroatoms. The van der Waals surface area contributed by atoms with Crippen molar-refractivity contribution in [2.24, 2.45) is 0 Å². The quantitative estimate of drug-likeness (QED) is 0.526. The zero-order chi connectivity index (χ0) is 24.2.